The number of benzene rings is 1. The van der Waals surface area contributed by atoms with E-state index < -0.39 is 29.2 Å². The molecule has 1 aliphatic carbocycles. The van der Waals surface area contributed by atoms with E-state index in [1.54, 1.807) is 4.57 Å². The largest absolute Gasteiger partial charge is 0.492 e. The van der Waals surface area contributed by atoms with E-state index >= 15 is 4.39 Å². The Morgan fingerprint density at radius 2 is 1.78 bits per heavy atom. The van der Waals surface area contributed by atoms with E-state index in [1.165, 1.54) is 19.4 Å². The lowest BCUT2D eigenvalue weighted by atomic mass is 10.0. The molecule has 1 saturated carbocycles. The second-order valence-electron chi connectivity index (χ2n) is 8.81. The van der Waals surface area contributed by atoms with Gasteiger partial charge in [-0.1, -0.05) is 0 Å². The molecular formula is C24H30FN3O8. The first-order valence-electron chi connectivity index (χ1n) is 11.6. The predicted molar refractivity (Wildman–Crippen MR) is 129 cm³/mol. The van der Waals surface area contributed by atoms with Gasteiger partial charge in [-0.3, -0.25) is 14.4 Å². The number of aromatic carboxylic acids is 1. The van der Waals surface area contributed by atoms with Crippen LogP contribution < -0.4 is 20.4 Å². The van der Waals surface area contributed by atoms with Gasteiger partial charge in [0.2, 0.25) is 5.43 Å². The van der Waals surface area contributed by atoms with Gasteiger partial charge in [0.05, 0.1) is 30.9 Å². The third-order valence-corrected chi connectivity index (χ3v) is 6.27. The highest BCUT2D eigenvalue weighted by Gasteiger charge is 2.32. The highest BCUT2D eigenvalue weighted by molar-refractivity contribution is 5.97. The summed E-state index contributed by atoms with van der Waals surface area (Å²) in [7, 11) is 3.35. The number of halogens is 1. The minimum Gasteiger partial charge on any atom is -0.492 e. The monoisotopic (exact) mass is 507 g/mol. The van der Waals surface area contributed by atoms with Crippen LogP contribution in [0.3, 0.4) is 0 Å². The van der Waals surface area contributed by atoms with Crippen LogP contribution in [0, 0.1) is 5.82 Å². The molecule has 2 heterocycles. The van der Waals surface area contributed by atoms with Gasteiger partial charge in [-0.25, -0.2) is 9.18 Å². The number of nitrogens with one attached hydrogen (secondary N) is 1. The first-order valence-corrected chi connectivity index (χ1v) is 11.6. The number of nitrogens with zero attached hydrogens (tertiary/aromatic N) is 2. The number of methoxy groups -OCH3 is 1. The van der Waals surface area contributed by atoms with Crippen LogP contribution in [0.5, 0.6) is 5.75 Å². The van der Waals surface area contributed by atoms with Crippen molar-refractivity contribution in [3.8, 4) is 5.75 Å². The lowest BCUT2D eigenvalue weighted by Gasteiger charge is -2.35. The highest BCUT2D eigenvalue weighted by atomic mass is 19.1. The zero-order chi connectivity index (χ0) is 26.6. The van der Waals surface area contributed by atoms with Gasteiger partial charge in [0.15, 0.2) is 11.6 Å². The number of likely N-dealkylation sites (N-methyl/N-ethyl adjacent to an activating group) is 1. The van der Waals surface area contributed by atoms with Gasteiger partial charge >= 0.3 is 17.9 Å². The summed E-state index contributed by atoms with van der Waals surface area (Å²) in [5.41, 5.74) is -0.216. The molecular weight excluding hydrogens is 477 g/mol. The molecule has 11 nitrogen and oxygen atoms in total. The fraction of sp³-hybridized carbons (Fsp3) is 0.500. The molecule has 1 aromatic carbocycles. The number of piperidine rings is 1. The molecule has 36 heavy (non-hydrogen) atoms. The van der Waals surface area contributed by atoms with Crippen LogP contribution in [0.25, 0.3) is 10.9 Å². The van der Waals surface area contributed by atoms with Gasteiger partial charge in [0.1, 0.15) is 11.3 Å². The summed E-state index contributed by atoms with van der Waals surface area (Å²) in [6.07, 6.45) is 4.49. The average Bonchev–Trinajstić information content (AvgIpc) is 3.68. The fourth-order valence-corrected chi connectivity index (χ4v) is 4.35. The quantitative estimate of drug-likeness (QED) is 0.418. The molecule has 12 heteroatoms. The number of carboxylic acid groups (broad SMARTS) is 3. The summed E-state index contributed by atoms with van der Waals surface area (Å²) in [4.78, 5) is 45.5. The van der Waals surface area contributed by atoms with Crippen LogP contribution in [0.15, 0.2) is 17.1 Å². The zero-order valence-electron chi connectivity index (χ0n) is 20.1. The summed E-state index contributed by atoms with van der Waals surface area (Å²) >= 11 is 0. The Hall–Kier alpha value is -3.67. The Kier molecular flexibility index (Phi) is 8.51. The summed E-state index contributed by atoms with van der Waals surface area (Å²) in [5.74, 6) is -3.73. The maximum atomic E-state index is 15.2. The SMILES string of the molecule is CNC1CCCN(c2c(F)cc3c(=O)c(C(=O)O)cn(C4CC4)c3c2OC)C1.O=C(O)CCC(=O)O. The minimum atomic E-state index is -1.31. The molecule has 1 unspecified atom stereocenters. The van der Waals surface area contributed by atoms with Crippen molar-refractivity contribution < 1.29 is 38.8 Å². The van der Waals surface area contributed by atoms with E-state index in [-0.39, 0.29) is 35.9 Å². The molecule has 0 spiro atoms. The first kappa shape index (κ1) is 26.9. The van der Waals surface area contributed by atoms with Crippen LogP contribution in [0.2, 0.25) is 0 Å². The molecule has 0 amide bonds. The number of anilines is 1. The van der Waals surface area contributed by atoms with E-state index in [0.29, 0.717) is 30.0 Å². The Balaban J connectivity index is 0.000000392. The van der Waals surface area contributed by atoms with Crippen molar-refractivity contribution in [3.63, 3.8) is 0 Å². The minimum absolute atomic E-state index is 0.0482. The van der Waals surface area contributed by atoms with Crippen molar-refractivity contribution >= 4 is 34.5 Å². The van der Waals surface area contributed by atoms with Crippen molar-refractivity contribution in [1.29, 1.82) is 0 Å². The van der Waals surface area contributed by atoms with Crippen LogP contribution >= 0.6 is 0 Å². The summed E-state index contributed by atoms with van der Waals surface area (Å²) < 4.78 is 22.6. The normalized spacial score (nSPS) is 17.3. The number of aliphatic carboxylic acids is 2. The van der Waals surface area contributed by atoms with E-state index in [1.807, 2.05) is 11.9 Å². The molecule has 1 saturated heterocycles. The van der Waals surface area contributed by atoms with Gasteiger partial charge in [0.25, 0.3) is 0 Å². The van der Waals surface area contributed by atoms with Crippen molar-refractivity contribution in [3.05, 3.63) is 33.9 Å². The molecule has 0 bridgehead atoms. The molecule has 1 atom stereocenters. The van der Waals surface area contributed by atoms with E-state index in [4.69, 9.17) is 14.9 Å². The second-order valence-corrected chi connectivity index (χ2v) is 8.81. The van der Waals surface area contributed by atoms with Gasteiger partial charge in [-0.2, -0.15) is 0 Å². The number of hydrogen-bond donors (Lipinski definition) is 4. The third kappa shape index (κ3) is 5.93. The molecule has 4 rings (SSSR count). The van der Waals surface area contributed by atoms with Crippen LogP contribution in [0.4, 0.5) is 10.1 Å². The highest BCUT2D eigenvalue weighted by Crippen LogP contribution is 2.44. The molecule has 2 aliphatic rings. The van der Waals surface area contributed by atoms with Gasteiger partial charge < -0.3 is 34.8 Å². The summed E-state index contributed by atoms with van der Waals surface area (Å²) in [6.45, 7) is 1.33. The number of carbonyl (C=O) groups is 3. The Bertz CT molecular complexity index is 1210. The lowest BCUT2D eigenvalue weighted by Crippen LogP contribution is -2.45. The molecule has 4 N–H and O–H groups in total. The van der Waals surface area contributed by atoms with Crippen molar-refractivity contribution in [2.24, 2.45) is 0 Å². The van der Waals surface area contributed by atoms with Crippen molar-refractivity contribution in [2.45, 2.75) is 50.6 Å². The number of pyridine rings is 1. The standard InChI is InChI=1S/C20H24FN3O4.C4H6O4/c1-22-11-4-3-7-23(9-11)17-15(21)8-13-16(19(17)28-2)24(12-5-6-12)10-14(18(13)25)20(26)27;5-3(6)1-2-4(7)8/h8,10-12,22H,3-7,9H2,1-2H3,(H,26,27);1-2H2,(H,5,6)(H,7,8). The molecule has 2 aromatic rings. The van der Waals surface area contributed by atoms with Gasteiger partial charge in [0, 0.05) is 31.4 Å². The summed E-state index contributed by atoms with van der Waals surface area (Å²) in [6, 6.07) is 1.51. The van der Waals surface area contributed by atoms with E-state index in [0.717, 1.165) is 25.7 Å². The Morgan fingerprint density at radius 1 is 1.14 bits per heavy atom. The molecule has 1 aromatic heterocycles. The smallest absolute Gasteiger partial charge is 0.341 e. The lowest BCUT2D eigenvalue weighted by molar-refractivity contribution is -0.143. The Labute approximate surface area is 206 Å². The third-order valence-electron chi connectivity index (χ3n) is 6.27. The first-order chi connectivity index (χ1) is 17.1. The predicted octanol–water partition coefficient (Wildman–Crippen LogP) is 2.31. The second kappa shape index (κ2) is 11.4. The van der Waals surface area contributed by atoms with Crippen LogP contribution in [0.1, 0.15) is 54.9 Å². The Morgan fingerprint density at radius 3 is 2.28 bits per heavy atom. The van der Waals surface area contributed by atoms with Gasteiger partial charge in [-0.05, 0) is 38.8 Å². The van der Waals surface area contributed by atoms with E-state index in [9.17, 15) is 24.3 Å². The van der Waals surface area contributed by atoms with Crippen LogP contribution in [-0.4, -0.2) is 71.1 Å². The fourth-order valence-electron chi connectivity index (χ4n) is 4.35. The number of hydrogen-bond acceptors (Lipinski definition) is 7. The van der Waals surface area contributed by atoms with Gasteiger partial charge in [-0.15, -0.1) is 0 Å². The number of ether oxygens (including phenoxy) is 1. The molecule has 1 aliphatic heterocycles. The number of carboxylic acids is 3. The molecule has 0 radical (unpaired) electrons. The maximum absolute atomic E-state index is 15.2. The number of aromatic nitrogens is 1. The molecule has 196 valence electrons. The molecule has 2 fully saturated rings. The van der Waals surface area contributed by atoms with Crippen molar-refractivity contribution in [2.75, 3.05) is 32.1 Å². The topological polar surface area (TPSA) is 158 Å². The number of fused-ring (bicyclic) bond motifs is 1. The van der Waals surface area contributed by atoms with E-state index in [2.05, 4.69) is 5.32 Å². The van der Waals surface area contributed by atoms with Crippen molar-refractivity contribution in [1.82, 2.24) is 9.88 Å². The maximum Gasteiger partial charge on any atom is 0.341 e. The zero-order valence-corrected chi connectivity index (χ0v) is 20.1. The van der Waals surface area contributed by atoms with Crippen LogP contribution in [-0.2, 0) is 9.59 Å². The average molecular weight is 508 g/mol. The number of rotatable bonds is 8. The summed E-state index contributed by atoms with van der Waals surface area (Å²) in [5, 5.41) is 28.5.